The first kappa shape index (κ1) is 49.5. The van der Waals surface area contributed by atoms with Crippen LogP contribution in [0.4, 0.5) is 21.9 Å². The van der Waals surface area contributed by atoms with E-state index in [1.165, 1.54) is 38.2 Å². The van der Waals surface area contributed by atoms with E-state index >= 15 is 0 Å². The van der Waals surface area contributed by atoms with Crippen LogP contribution in [0.25, 0.3) is 0 Å². The summed E-state index contributed by atoms with van der Waals surface area (Å²) in [5.41, 5.74) is 4.07. The van der Waals surface area contributed by atoms with E-state index in [2.05, 4.69) is 20.9 Å². The maximum Gasteiger partial charge on any atom is 0.416 e. The van der Waals surface area contributed by atoms with Crippen LogP contribution in [0.2, 0.25) is 0 Å². The minimum atomic E-state index is -1.49. The molecule has 0 fully saturated rings. The highest BCUT2D eigenvalue weighted by Crippen LogP contribution is 2.43. The van der Waals surface area contributed by atoms with Gasteiger partial charge in [0.15, 0.2) is 29.2 Å². The second kappa shape index (κ2) is 21.7. The number of anilines is 2. The second-order valence-electron chi connectivity index (χ2n) is 17.8. The zero-order valence-electron chi connectivity index (χ0n) is 39.8. The lowest BCUT2D eigenvalue weighted by Crippen LogP contribution is -2.52. The zero-order valence-corrected chi connectivity index (χ0v) is 39.8. The van der Waals surface area contributed by atoms with Gasteiger partial charge in [0.05, 0.1) is 62.0 Å². The van der Waals surface area contributed by atoms with Gasteiger partial charge in [0.1, 0.15) is 18.7 Å². The van der Waals surface area contributed by atoms with Crippen molar-refractivity contribution in [1.29, 1.82) is 0 Å². The summed E-state index contributed by atoms with van der Waals surface area (Å²) in [6, 6.07) is 10.3. The second-order valence-corrected chi connectivity index (χ2v) is 17.8. The lowest BCUT2D eigenvalue weighted by atomic mass is 10.0. The highest BCUT2D eigenvalue weighted by atomic mass is 16.6. The molecule has 19 nitrogen and oxygen atoms in total. The van der Waals surface area contributed by atoms with E-state index in [1.54, 1.807) is 67.6 Å². The highest BCUT2D eigenvalue weighted by molar-refractivity contribution is 6.07. The molecule has 4 N–H and O–H groups in total. The number of unbranched alkanes of at least 4 members (excludes halogenated alkanes) is 2. The maximum absolute atomic E-state index is 14.1. The Kier molecular flexibility index (Phi) is 15.6. The Hall–Kier alpha value is -7.41. The molecule has 0 radical (unpaired) electrons. The minimum absolute atomic E-state index is 0.0794. The molecule has 69 heavy (non-hydrogen) atoms. The molecular formula is C50H59N7O12. The Morgan fingerprint density at radius 1 is 0.812 bits per heavy atom. The van der Waals surface area contributed by atoms with E-state index < -0.39 is 48.2 Å². The lowest BCUT2D eigenvalue weighted by Gasteiger charge is -2.31. The fraction of sp³-hybridized carbons (Fsp3) is 0.420. The third kappa shape index (κ3) is 11.0. The molecule has 366 valence electrons. The van der Waals surface area contributed by atoms with Crippen LogP contribution in [-0.2, 0) is 25.7 Å². The summed E-state index contributed by atoms with van der Waals surface area (Å²) in [4.78, 5) is 86.7. The smallest absolute Gasteiger partial charge is 0.416 e. The van der Waals surface area contributed by atoms with Crippen LogP contribution in [0.5, 0.6) is 23.0 Å². The van der Waals surface area contributed by atoms with Crippen molar-refractivity contribution in [1.82, 2.24) is 20.4 Å². The molecule has 4 heterocycles. The molecule has 3 aromatic carbocycles. The standard InChI is InChI=1S/C50H59N7O12/c1-28(2)44(52-27-58)46(60)53-31(5)45(59)54-33-13-11-32(12-14-33)26-69-50(64)57-38-22-43(41(66-7)20-36(38)48(62)56-25-30(4)18-39(56)49(57)63)68-16-10-8-9-15-67-42-21-37-35(19-40(42)65-6)47(61)55-24-29(3)17-34(55)23-51-37/h11-14,19-25,27-28,31,34,39,44,49,63H,8-10,15-18,26H2,1-7H3,(H,52,58)(H,53,60)(H,54,59)/t31?,34?,39-,44+,49?/m1/s1. The number of carbonyl (C=O) groups excluding carboxylic acids is 6. The number of benzene rings is 3. The number of aliphatic imine (C=N–C) groups is 1. The highest BCUT2D eigenvalue weighted by Gasteiger charge is 2.45. The van der Waals surface area contributed by atoms with Crippen LogP contribution in [0.3, 0.4) is 0 Å². The van der Waals surface area contributed by atoms with E-state index in [1.807, 2.05) is 20.0 Å². The van der Waals surface area contributed by atoms with Gasteiger partial charge in [0.25, 0.3) is 11.8 Å². The molecular weight excluding hydrogens is 891 g/mol. The molecule has 0 saturated heterocycles. The third-order valence-corrected chi connectivity index (χ3v) is 12.3. The first-order chi connectivity index (χ1) is 33.1. The van der Waals surface area contributed by atoms with Crippen LogP contribution >= 0.6 is 0 Å². The molecule has 0 spiro atoms. The van der Waals surface area contributed by atoms with Gasteiger partial charge in [-0.25, -0.2) is 9.69 Å². The third-order valence-electron chi connectivity index (χ3n) is 12.3. The first-order valence-electron chi connectivity index (χ1n) is 22.9. The topological polar surface area (TPSA) is 227 Å². The Bertz CT molecular complexity index is 2560. The Morgan fingerprint density at radius 3 is 2.09 bits per heavy atom. The number of methoxy groups -OCH3 is 2. The number of amides is 6. The van der Waals surface area contributed by atoms with Gasteiger partial charge < -0.3 is 54.5 Å². The van der Waals surface area contributed by atoms with Crippen molar-refractivity contribution in [2.75, 3.05) is 37.7 Å². The molecule has 6 amide bonds. The van der Waals surface area contributed by atoms with Crippen LogP contribution in [0.15, 0.2) is 77.1 Å². The summed E-state index contributed by atoms with van der Waals surface area (Å²) in [6.07, 6.45) is 6.39. The van der Waals surface area contributed by atoms with Crippen LogP contribution in [0.1, 0.15) is 93.0 Å². The van der Waals surface area contributed by atoms with Crippen molar-refractivity contribution in [3.05, 3.63) is 88.8 Å². The maximum atomic E-state index is 14.1. The normalized spacial score (nSPS) is 18.9. The molecule has 19 heteroatoms. The predicted molar refractivity (Wildman–Crippen MR) is 255 cm³/mol. The SMILES string of the molecule is COc1cc2c(cc1OCCCCCOc1cc3c(cc1OC)C(=O)N1C=C(C)C[C@@H]1C(O)N3C(=O)OCc1ccc(NC(=O)C(C)NC(=O)[C@@H](NC=O)C(C)C)cc1)N=CC1CC(C)=CN1C2=O. The number of aliphatic hydroxyl groups excluding tert-OH is 1. The molecule has 0 saturated carbocycles. The fourth-order valence-electron chi connectivity index (χ4n) is 8.58. The molecule has 3 unspecified atom stereocenters. The van der Waals surface area contributed by atoms with Gasteiger partial charge in [-0.2, -0.15) is 0 Å². The average Bonchev–Trinajstić information content (AvgIpc) is 3.87. The molecule has 7 rings (SSSR count). The minimum Gasteiger partial charge on any atom is -0.493 e. The van der Waals surface area contributed by atoms with E-state index in [0.717, 1.165) is 22.5 Å². The van der Waals surface area contributed by atoms with Gasteiger partial charge in [-0.3, -0.25) is 29.0 Å². The number of hydrogen-bond acceptors (Lipinski definition) is 13. The van der Waals surface area contributed by atoms with Gasteiger partial charge in [-0.1, -0.05) is 37.1 Å². The number of ether oxygens (including phenoxy) is 5. The molecule has 4 aliphatic rings. The van der Waals surface area contributed by atoms with Crippen LogP contribution in [0, 0.1) is 5.92 Å². The summed E-state index contributed by atoms with van der Waals surface area (Å²) in [6.45, 7) is 9.29. The number of fused-ring (bicyclic) bond motifs is 4. The number of aliphatic hydroxyl groups is 1. The van der Waals surface area contributed by atoms with E-state index in [0.29, 0.717) is 72.7 Å². The lowest BCUT2D eigenvalue weighted by molar-refractivity contribution is -0.129. The van der Waals surface area contributed by atoms with Crippen LogP contribution in [-0.4, -0.2) is 115 Å². The Labute approximate surface area is 400 Å². The average molecular weight is 950 g/mol. The van der Waals surface area contributed by atoms with Gasteiger partial charge in [0.2, 0.25) is 18.2 Å². The summed E-state index contributed by atoms with van der Waals surface area (Å²) in [7, 11) is 2.97. The predicted octanol–water partition coefficient (Wildman–Crippen LogP) is 5.97. The monoisotopic (exact) mass is 949 g/mol. The number of carbonyl (C=O) groups is 6. The van der Waals surface area contributed by atoms with Crippen molar-refractivity contribution in [2.24, 2.45) is 10.9 Å². The van der Waals surface area contributed by atoms with Gasteiger partial charge in [-0.15, -0.1) is 0 Å². The number of nitrogens with one attached hydrogen (secondary N) is 3. The summed E-state index contributed by atoms with van der Waals surface area (Å²) in [5, 5.41) is 19.6. The van der Waals surface area contributed by atoms with E-state index in [9.17, 15) is 33.9 Å². The summed E-state index contributed by atoms with van der Waals surface area (Å²) in [5.74, 6) is -0.337. The van der Waals surface area contributed by atoms with Gasteiger partial charge in [-0.05, 0) is 88.6 Å². The van der Waals surface area contributed by atoms with E-state index in [-0.39, 0.29) is 53.8 Å². The Morgan fingerprint density at radius 2 is 1.43 bits per heavy atom. The van der Waals surface area contributed by atoms with Crippen molar-refractivity contribution < 1.29 is 57.6 Å². The Balaban J connectivity index is 0.970. The van der Waals surface area contributed by atoms with Gasteiger partial charge >= 0.3 is 6.09 Å². The molecule has 4 aliphatic heterocycles. The number of rotatable bonds is 19. The fourth-order valence-corrected chi connectivity index (χ4v) is 8.58. The number of hydrogen-bond donors (Lipinski definition) is 4. The van der Waals surface area contributed by atoms with Crippen molar-refractivity contribution in [2.45, 2.75) is 104 Å². The van der Waals surface area contributed by atoms with E-state index in [4.69, 9.17) is 23.7 Å². The summed E-state index contributed by atoms with van der Waals surface area (Å²) >= 11 is 0. The van der Waals surface area contributed by atoms with Crippen molar-refractivity contribution in [3.63, 3.8) is 0 Å². The van der Waals surface area contributed by atoms with Crippen LogP contribution < -0.4 is 39.8 Å². The van der Waals surface area contributed by atoms with Crippen molar-refractivity contribution in [3.8, 4) is 23.0 Å². The molecule has 3 aromatic rings. The first-order valence-corrected chi connectivity index (χ1v) is 22.9. The van der Waals surface area contributed by atoms with Gasteiger partial charge in [0, 0.05) is 36.4 Å². The largest absolute Gasteiger partial charge is 0.493 e. The zero-order chi connectivity index (χ0) is 49.5. The molecule has 0 bridgehead atoms. The van der Waals surface area contributed by atoms with Crippen molar-refractivity contribution >= 4 is 59.4 Å². The quantitative estimate of drug-likeness (QED) is 0.0805. The molecule has 0 aliphatic carbocycles. The summed E-state index contributed by atoms with van der Waals surface area (Å²) < 4.78 is 29.3. The molecule has 0 aromatic heterocycles. The number of nitrogens with zero attached hydrogens (tertiary/aromatic N) is 4. The molecule has 5 atom stereocenters.